The van der Waals surface area contributed by atoms with E-state index in [-0.39, 0.29) is 0 Å². The highest BCUT2D eigenvalue weighted by Crippen LogP contribution is 2.21. The molecule has 0 aromatic heterocycles. The quantitative estimate of drug-likeness (QED) is 0.816. The van der Waals surface area contributed by atoms with E-state index in [1.54, 1.807) is 0 Å². The molecule has 0 radical (unpaired) electrons. The highest BCUT2D eigenvalue weighted by molar-refractivity contribution is 8.02. The Morgan fingerprint density at radius 3 is 1.85 bits per heavy atom. The van der Waals surface area contributed by atoms with Crippen molar-refractivity contribution in [1.82, 2.24) is 10.0 Å². The van der Waals surface area contributed by atoms with Gasteiger partial charge in [-0.2, -0.15) is 0 Å². The molecule has 0 N–H and O–H groups in total. The molecule has 0 aliphatic carbocycles. The van der Waals surface area contributed by atoms with Gasteiger partial charge in [-0.15, -0.1) is 11.8 Å². The first-order valence-corrected chi connectivity index (χ1v) is 7.84. The number of benzene rings is 2. The molecule has 0 unspecified atom stereocenters. The van der Waals surface area contributed by atoms with Crippen molar-refractivity contribution >= 4 is 11.8 Å². The molecule has 0 atom stereocenters. The van der Waals surface area contributed by atoms with Crippen molar-refractivity contribution < 1.29 is 0 Å². The normalized spacial score (nSPS) is 14.2. The lowest BCUT2D eigenvalue weighted by molar-refractivity contribution is 0.0246. The molecule has 1 aliphatic heterocycles. The van der Waals surface area contributed by atoms with E-state index in [9.17, 15) is 0 Å². The predicted octanol–water partition coefficient (Wildman–Crippen LogP) is 4.08. The van der Waals surface area contributed by atoms with Crippen LogP contribution >= 0.6 is 11.8 Å². The molecule has 102 valence electrons. The lowest BCUT2D eigenvalue weighted by atomic mass is 10.2. The molecule has 3 rings (SSSR count). The monoisotopic (exact) mass is 282 g/mol. The second kappa shape index (κ2) is 6.64. The summed E-state index contributed by atoms with van der Waals surface area (Å²) in [5.74, 6) is 1.000. The summed E-state index contributed by atoms with van der Waals surface area (Å²) in [5.41, 5.74) is 2.68. The van der Waals surface area contributed by atoms with Gasteiger partial charge in [0.05, 0.1) is 5.88 Å². The summed E-state index contributed by atoms with van der Waals surface area (Å²) in [4.78, 5) is 0. The highest BCUT2D eigenvalue weighted by atomic mass is 32.2. The molecule has 2 aromatic carbocycles. The Hall–Kier alpha value is -1.71. The van der Waals surface area contributed by atoms with Gasteiger partial charge >= 0.3 is 0 Å². The highest BCUT2D eigenvalue weighted by Gasteiger charge is 2.15. The molecule has 0 saturated carbocycles. The van der Waals surface area contributed by atoms with Gasteiger partial charge in [0.25, 0.3) is 0 Å². The molecule has 0 amide bonds. The van der Waals surface area contributed by atoms with E-state index < -0.39 is 0 Å². The van der Waals surface area contributed by atoms with Crippen molar-refractivity contribution in [2.24, 2.45) is 0 Å². The van der Waals surface area contributed by atoms with Crippen molar-refractivity contribution in [3.8, 4) is 0 Å². The predicted molar refractivity (Wildman–Crippen MR) is 85.6 cm³/mol. The van der Waals surface area contributed by atoms with Crippen LogP contribution in [-0.4, -0.2) is 15.9 Å². The second-order valence-electron chi connectivity index (χ2n) is 4.81. The van der Waals surface area contributed by atoms with Crippen LogP contribution in [0.25, 0.3) is 0 Å². The first-order valence-electron chi connectivity index (χ1n) is 6.79. The first kappa shape index (κ1) is 13.3. The smallest absolute Gasteiger partial charge is 0.0836 e. The van der Waals surface area contributed by atoms with E-state index in [2.05, 4.69) is 82.3 Å². The number of thioether (sulfide) groups is 1. The van der Waals surface area contributed by atoms with Crippen LogP contribution in [0, 0.1) is 0 Å². The zero-order chi connectivity index (χ0) is 13.6. The van der Waals surface area contributed by atoms with Crippen LogP contribution in [0.5, 0.6) is 0 Å². The summed E-state index contributed by atoms with van der Waals surface area (Å²) in [6.45, 7) is 1.86. The van der Waals surface area contributed by atoms with Gasteiger partial charge in [0.1, 0.15) is 0 Å². The Bertz CT molecular complexity index is 512. The van der Waals surface area contributed by atoms with Crippen LogP contribution in [-0.2, 0) is 13.1 Å². The van der Waals surface area contributed by atoms with Crippen molar-refractivity contribution in [2.75, 3.05) is 5.88 Å². The van der Waals surface area contributed by atoms with E-state index in [4.69, 9.17) is 0 Å². The summed E-state index contributed by atoms with van der Waals surface area (Å²) >= 11 is 1.84. The van der Waals surface area contributed by atoms with Gasteiger partial charge in [0.2, 0.25) is 0 Å². The Labute approximate surface area is 124 Å². The van der Waals surface area contributed by atoms with Crippen molar-refractivity contribution in [3.05, 3.63) is 83.4 Å². The maximum atomic E-state index is 2.39. The topological polar surface area (TPSA) is 6.48 Å². The zero-order valence-corrected chi connectivity index (χ0v) is 12.2. The molecular weight excluding hydrogens is 264 g/mol. The van der Waals surface area contributed by atoms with Gasteiger partial charge < -0.3 is 5.01 Å². The van der Waals surface area contributed by atoms with Gasteiger partial charge in [0.15, 0.2) is 0 Å². The second-order valence-corrected chi connectivity index (χ2v) is 5.68. The lowest BCUT2D eigenvalue weighted by Crippen LogP contribution is -2.36. The first-order chi connectivity index (χ1) is 9.92. The van der Waals surface area contributed by atoms with E-state index >= 15 is 0 Å². The minimum Gasteiger partial charge on any atom is -0.302 e. The molecule has 2 aromatic rings. The maximum Gasteiger partial charge on any atom is 0.0836 e. The Kier molecular flexibility index (Phi) is 4.41. The van der Waals surface area contributed by atoms with Crippen LogP contribution in [0.2, 0.25) is 0 Å². The molecule has 1 aliphatic rings. The zero-order valence-electron chi connectivity index (χ0n) is 11.4. The third kappa shape index (κ3) is 3.44. The molecule has 0 fully saturated rings. The van der Waals surface area contributed by atoms with Gasteiger partial charge in [-0.25, -0.2) is 5.01 Å². The Balaban J connectivity index is 1.75. The van der Waals surface area contributed by atoms with E-state index in [0.29, 0.717) is 0 Å². The largest absolute Gasteiger partial charge is 0.302 e. The summed E-state index contributed by atoms with van der Waals surface area (Å²) in [7, 11) is 0. The van der Waals surface area contributed by atoms with E-state index in [1.807, 2.05) is 11.8 Å². The molecule has 3 heteroatoms. The van der Waals surface area contributed by atoms with Gasteiger partial charge in [-0.05, 0) is 16.5 Å². The fourth-order valence-electron chi connectivity index (χ4n) is 2.28. The fourth-order valence-corrected chi connectivity index (χ4v) is 2.99. The van der Waals surface area contributed by atoms with E-state index in [0.717, 1.165) is 19.0 Å². The molecular formula is C17H18N2S. The fraction of sp³-hybridized carbons (Fsp3) is 0.176. The summed E-state index contributed by atoms with van der Waals surface area (Å²) in [5, 5.41) is 6.84. The average Bonchev–Trinajstić information content (AvgIpc) is 3.03. The summed E-state index contributed by atoms with van der Waals surface area (Å²) in [6.07, 6.45) is 2.16. The van der Waals surface area contributed by atoms with Crippen LogP contribution < -0.4 is 0 Å². The SMILES string of the molecule is C1=CN(N(Cc2ccccc2)Cc2ccccc2)CS1. The molecule has 2 nitrogen and oxygen atoms in total. The number of hydrazine groups is 1. The van der Waals surface area contributed by atoms with Crippen LogP contribution in [0.1, 0.15) is 11.1 Å². The van der Waals surface area contributed by atoms with Crippen molar-refractivity contribution in [2.45, 2.75) is 13.1 Å². The molecule has 0 bridgehead atoms. The number of nitrogens with zero attached hydrogens (tertiary/aromatic N) is 2. The number of rotatable bonds is 5. The van der Waals surface area contributed by atoms with E-state index in [1.165, 1.54) is 11.1 Å². The molecule has 20 heavy (non-hydrogen) atoms. The number of hydrogen-bond acceptors (Lipinski definition) is 3. The minimum atomic E-state index is 0.931. The third-order valence-electron chi connectivity index (χ3n) is 3.32. The Morgan fingerprint density at radius 2 is 1.40 bits per heavy atom. The standard InChI is InChI=1S/C17H18N2S/c1-3-7-16(8-4-1)13-19(18-11-12-20-15-18)14-17-9-5-2-6-10-17/h1-12H,13-15H2. The Morgan fingerprint density at radius 1 is 0.850 bits per heavy atom. The maximum absolute atomic E-state index is 2.39. The van der Waals surface area contributed by atoms with Gasteiger partial charge in [-0.1, -0.05) is 60.7 Å². The van der Waals surface area contributed by atoms with Gasteiger partial charge in [0, 0.05) is 19.3 Å². The molecule has 0 saturated heterocycles. The minimum absolute atomic E-state index is 0.931. The van der Waals surface area contributed by atoms with Crippen LogP contribution in [0.4, 0.5) is 0 Å². The number of hydrogen-bond donors (Lipinski definition) is 0. The lowest BCUT2D eigenvalue weighted by Gasteiger charge is -2.31. The summed E-state index contributed by atoms with van der Waals surface area (Å²) < 4.78 is 0. The molecule has 0 spiro atoms. The molecule has 1 heterocycles. The third-order valence-corrected chi connectivity index (χ3v) is 4.04. The van der Waals surface area contributed by atoms with Crippen LogP contribution in [0.15, 0.2) is 72.3 Å². The van der Waals surface area contributed by atoms with Crippen LogP contribution in [0.3, 0.4) is 0 Å². The van der Waals surface area contributed by atoms with Crippen molar-refractivity contribution in [3.63, 3.8) is 0 Å². The average molecular weight is 282 g/mol. The summed E-state index contributed by atoms with van der Waals surface area (Å²) in [6, 6.07) is 21.3. The van der Waals surface area contributed by atoms with Crippen molar-refractivity contribution in [1.29, 1.82) is 0 Å². The van der Waals surface area contributed by atoms with Gasteiger partial charge in [-0.3, -0.25) is 0 Å².